The summed E-state index contributed by atoms with van der Waals surface area (Å²) < 4.78 is 46.5. The summed E-state index contributed by atoms with van der Waals surface area (Å²) in [6.07, 6.45) is 2.71. The maximum atomic E-state index is 13.5. The molecular formula is C36H45BF2IN6O4Si2. The molecule has 0 unspecified atom stereocenters. The van der Waals surface area contributed by atoms with Gasteiger partial charge in [-0.15, -0.1) is 0 Å². The molecule has 6 rings (SSSR count). The van der Waals surface area contributed by atoms with Gasteiger partial charge in [0.25, 0.3) is 0 Å². The first-order valence-electron chi connectivity index (χ1n) is 16.8. The number of halogens is 3. The summed E-state index contributed by atoms with van der Waals surface area (Å²) >= 11 is 2.27. The highest BCUT2D eigenvalue weighted by Crippen LogP contribution is 2.28. The highest BCUT2D eigenvalue weighted by molar-refractivity contribution is 14.1. The molecule has 0 spiro atoms. The van der Waals surface area contributed by atoms with Gasteiger partial charge in [-0.2, -0.15) is 19.0 Å². The number of hydrogen-bond acceptors (Lipinski definition) is 8. The zero-order valence-corrected chi connectivity index (χ0v) is 34.5. The van der Waals surface area contributed by atoms with Crippen molar-refractivity contribution in [2.75, 3.05) is 13.2 Å². The first-order chi connectivity index (χ1) is 24.7. The molecule has 0 aliphatic rings. The van der Waals surface area contributed by atoms with E-state index in [0.717, 1.165) is 56.7 Å². The minimum absolute atomic E-state index is 0.218. The molecule has 0 aliphatic carbocycles. The summed E-state index contributed by atoms with van der Waals surface area (Å²) in [5.74, 6) is -0.924. The number of hydrogen-bond donors (Lipinski definition) is 1. The van der Waals surface area contributed by atoms with Gasteiger partial charge in [0.05, 0.1) is 11.0 Å². The van der Waals surface area contributed by atoms with Gasteiger partial charge in [-0.25, -0.2) is 19.3 Å². The van der Waals surface area contributed by atoms with E-state index in [4.69, 9.17) is 14.5 Å². The third-order valence-corrected chi connectivity index (χ3v) is 11.8. The van der Waals surface area contributed by atoms with Gasteiger partial charge in [-0.3, -0.25) is 0 Å². The molecule has 2 aromatic carbocycles. The minimum atomic E-state index is -1.11. The molecule has 0 atom stereocenters. The van der Waals surface area contributed by atoms with E-state index in [1.807, 2.05) is 45.8 Å². The predicted octanol–water partition coefficient (Wildman–Crippen LogP) is 8.63. The van der Waals surface area contributed by atoms with E-state index in [1.165, 1.54) is 36.0 Å². The van der Waals surface area contributed by atoms with Crippen LogP contribution < -0.4 is 4.65 Å². The predicted molar refractivity (Wildman–Crippen MR) is 216 cm³/mol. The standard InChI is InChI=1S/C18H22FN3OSi.C13H19IN2OSi.C5H4BFNO2/c1-24(2,3)11-10-23-13-22-16-7-5-4-6-15(16)18(21-22)14-8-9-20-17(19)12-14;1-18(2,3)9-8-17-10-16-12-7-5-4-6-11(12)13(14)15-16;7-5-3-4(10-6-9)1-2-8-5/h4-9,12H,10-11,13H2,1-3H3;4-7H,8-10H2,1-3H3;1-3,9H. The largest absolute Gasteiger partial charge is 0.569 e. The molecule has 10 nitrogen and oxygen atoms in total. The Labute approximate surface area is 320 Å². The van der Waals surface area contributed by atoms with Crippen LogP contribution in [0.4, 0.5) is 8.78 Å². The second-order valence-corrected chi connectivity index (χ2v) is 26.5. The van der Waals surface area contributed by atoms with Crippen molar-refractivity contribution < 1.29 is 27.9 Å². The van der Waals surface area contributed by atoms with Crippen LogP contribution in [0, 0.1) is 15.6 Å². The lowest BCUT2D eigenvalue weighted by Gasteiger charge is -2.15. The smallest absolute Gasteiger partial charge is 0.537 e. The van der Waals surface area contributed by atoms with Crippen molar-refractivity contribution in [1.82, 2.24) is 29.5 Å². The Morgan fingerprint density at radius 3 is 1.79 bits per heavy atom. The number of ether oxygens (including phenoxy) is 2. The van der Waals surface area contributed by atoms with Gasteiger partial charge >= 0.3 is 7.69 Å². The van der Waals surface area contributed by atoms with Crippen LogP contribution in [0.25, 0.3) is 33.1 Å². The highest BCUT2D eigenvalue weighted by atomic mass is 127. The van der Waals surface area contributed by atoms with Crippen molar-refractivity contribution in [3.05, 3.63) is 101 Å². The normalized spacial score (nSPS) is 11.5. The molecule has 0 saturated heterocycles. The fourth-order valence-corrected chi connectivity index (χ4v) is 6.98. The molecule has 275 valence electrons. The molecular weight excluding hydrogens is 812 g/mol. The third kappa shape index (κ3) is 13.1. The summed E-state index contributed by atoms with van der Waals surface area (Å²) in [4.78, 5) is 6.89. The van der Waals surface area contributed by atoms with Gasteiger partial charge in [-0.1, -0.05) is 75.7 Å². The monoisotopic (exact) mass is 857 g/mol. The average Bonchev–Trinajstić information content (AvgIpc) is 3.62. The van der Waals surface area contributed by atoms with Crippen molar-refractivity contribution in [3.63, 3.8) is 0 Å². The maximum absolute atomic E-state index is 13.5. The number of fused-ring (bicyclic) bond motifs is 2. The van der Waals surface area contributed by atoms with Crippen LogP contribution in [-0.4, -0.2) is 71.6 Å². The molecule has 1 N–H and O–H groups in total. The van der Waals surface area contributed by atoms with Gasteiger partial charge in [-0.05, 0) is 58.9 Å². The van der Waals surface area contributed by atoms with E-state index >= 15 is 0 Å². The van der Waals surface area contributed by atoms with Gasteiger partial charge in [0.2, 0.25) is 11.9 Å². The SMILES string of the molecule is C[Si](C)(C)CCOCn1nc(-c2ccnc(F)c2)c2ccccc21.C[Si](C)(C)CCOCn1nc(I)c2ccccc21.O[B]Oc1ccnc(F)c1. The fourth-order valence-electron chi connectivity index (χ4n) is 4.75. The minimum Gasteiger partial charge on any atom is -0.537 e. The lowest BCUT2D eigenvalue weighted by molar-refractivity contribution is 0.0814. The first-order valence-corrected chi connectivity index (χ1v) is 25.3. The van der Waals surface area contributed by atoms with E-state index in [9.17, 15) is 8.78 Å². The Kier molecular flexibility index (Phi) is 15.5. The lowest BCUT2D eigenvalue weighted by atomic mass is 10.1. The lowest BCUT2D eigenvalue weighted by Crippen LogP contribution is -2.22. The zero-order valence-electron chi connectivity index (χ0n) is 30.4. The van der Waals surface area contributed by atoms with Crippen LogP contribution in [0.15, 0.2) is 85.2 Å². The number of nitrogens with zero attached hydrogens (tertiary/aromatic N) is 6. The first kappa shape index (κ1) is 41.2. The Balaban J connectivity index is 0.000000190. The number of para-hydroxylation sites is 2. The zero-order chi connectivity index (χ0) is 37.7. The van der Waals surface area contributed by atoms with Crippen molar-refractivity contribution >= 4 is 68.2 Å². The summed E-state index contributed by atoms with van der Waals surface area (Å²) in [7, 11) is -1.63. The molecule has 4 heterocycles. The van der Waals surface area contributed by atoms with E-state index in [2.05, 4.69) is 98.8 Å². The number of benzene rings is 2. The van der Waals surface area contributed by atoms with E-state index in [1.54, 1.807) is 6.07 Å². The van der Waals surface area contributed by atoms with E-state index in [0.29, 0.717) is 21.1 Å². The average molecular weight is 858 g/mol. The van der Waals surface area contributed by atoms with E-state index < -0.39 is 28.0 Å². The van der Waals surface area contributed by atoms with Crippen molar-refractivity contribution in [3.8, 4) is 17.0 Å². The molecule has 0 fully saturated rings. The van der Waals surface area contributed by atoms with Crippen molar-refractivity contribution in [2.24, 2.45) is 0 Å². The summed E-state index contributed by atoms with van der Waals surface area (Å²) in [5, 5.41) is 19.5. The highest BCUT2D eigenvalue weighted by Gasteiger charge is 2.15. The second-order valence-electron chi connectivity index (χ2n) is 14.3. The quantitative estimate of drug-likeness (QED) is 0.0533. The van der Waals surface area contributed by atoms with Crippen LogP contribution in [0.5, 0.6) is 5.75 Å². The fraction of sp³-hybridized carbons (Fsp3) is 0.333. The third-order valence-electron chi connectivity index (χ3n) is 7.58. The van der Waals surface area contributed by atoms with Gasteiger partial charge in [0.1, 0.15) is 28.6 Å². The van der Waals surface area contributed by atoms with Gasteiger partial charge < -0.3 is 19.2 Å². The molecule has 6 aromatic rings. The Morgan fingerprint density at radius 2 is 1.23 bits per heavy atom. The Bertz CT molecular complexity index is 2020. The van der Waals surface area contributed by atoms with Crippen LogP contribution in [-0.2, 0) is 22.9 Å². The van der Waals surface area contributed by atoms with Crippen LogP contribution in [0.2, 0.25) is 51.4 Å². The molecule has 0 bridgehead atoms. The molecule has 16 heteroatoms. The maximum Gasteiger partial charge on any atom is 0.569 e. The van der Waals surface area contributed by atoms with Crippen LogP contribution >= 0.6 is 22.6 Å². The number of aromatic nitrogens is 6. The van der Waals surface area contributed by atoms with Crippen LogP contribution in [0.1, 0.15) is 0 Å². The molecule has 1 radical (unpaired) electrons. The molecule has 0 amide bonds. The number of pyridine rings is 2. The van der Waals surface area contributed by atoms with E-state index in [-0.39, 0.29) is 5.75 Å². The number of rotatable bonds is 13. The Morgan fingerprint density at radius 1 is 0.712 bits per heavy atom. The van der Waals surface area contributed by atoms with Gasteiger partial charge in [0, 0.05) is 70.2 Å². The molecule has 4 aromatic heterocycles. The van der Waals surface area contributed by atoms with Crippen molar-refractivity contribution in [1.29, 1.82) is 0 Å². The topological polar surface area (TPSA) is 109 Å². The van der Waals surface area contributed by atoms with Crippen molar-refractivity contribution in [2.45, 2.75) is 64.8 Å². The Hall–Kier alpha value is -3.55. The van der Waals surface area contributed by atoms with Crippen LogP contribution in [0.3, 0.4) is 0 Å². The summed E-state index contributed by atoms with van der Waals surface area (Å²) in [6.45, 7) is 16.6. The summed E-state index contributed by atoms with van der Waals surface area (Å²) in [6, 6.07) is 24.2. The van der Waals surface area contributed by atoms with Gasteiger partial charge in [0.15, 0.2) is 0 Å². The molecule has 0 saturated carbocycles. The summed E-state index contributed by atoms with van der Waals surface area (Å²) in [5.41, 5.74) is 3.60. The molecule has 0 aliphatic heterocycles. The second kappa shape index (κ2) is 19.5. The molecule has 52 heavy (non-hydrogen) atoms.